The van der Waals surface area contributed by atoms with E-state index in [1.165, 1.54) is 5.69 Å². The molecular formula is C13H20ClN3. The first-order chi connectivity index (χ1) is 8.19. The molecule has 1 aliphatic rings. The number of halogens is 1. The van der Waals surface area contributed by atoms with Crippen molar-refractivity contribution in [2.75, 3.05) is 31.1 Å². The van der Waals surface area contributed by atoms with Crippen LogP contribution in [0.1, 0.15) is 12.8 Å². The summed E-state index contributed by atoms with van der Waals surface area (Å²) in [4.78, 5) is 2.36. The maximum absolute atomic E-state index is 6.01. The fourth-order valence-electron chi connectivity index (χ4n) is 2.40. The Morgan fingerprint density at radius 2 is 1.82 bits per heavy atom. The molecule has 0 atom stereocenters. The third kappa shape index (κ3) is 2.73. The molecule has 0 amide bonds. The fraction of sp³-hybridized carbons (Fsp3) is 0.538. The van der Waals surface area contributed by atoms with E-state index in [0.717, 1.165) is 31.0 Å². The summed E-state index contributed by atoms with van der Waals surface area (Å²) in [5, 5.41) is 0.789. The molecule has 1 fully saturated rings. The molecule has 4 heteroatoms. The molecule has 0 bridgehead atoms. The predicted molar refractivity (Wildman–Crippen MR) is 73.4 cm³/mol. The van der Waals surface area contributed by atoms with Gasteiger partial charge in [0, 0.05) is 23.8 Å². The van der Waals surface area contributed by atoms with Crippen LogP contribution in [0.5, 0.6) is 0 Å². The van der Waals surface area contributed by atoms with Gasteiger partial charge in [0.1, 0.15) is 0 Å². The van der Waals surface area contributed by atoms with Crippen molar-refractivity contribution in [3.63, 3.8) is 0 Å². The summed E-state index contributed by atoms with van der Waals surface area (Å²) in [7, 11) is 0. The first-order valence-electron chi connectivity index (χ1n) is 6.10. The lowest BCUT2D eigenvalue weighted by molar-refractivity contribution is 0.238. The minimum Gasteiger partial charge on any atom is -0.371 e. The average Bonchev–Trinajstić information content (AvgIpc) is 2.39. The first-order valence-corrected chi connectivity index (χ1v) is 6.48. The number of nitrogens with zero attached hydrogens (tertiary/aromatic N) is 1. The van der Waals surface area contributed by atoms with Crippen molar-refractivity contribution in [1.29, 1.82) is 0 Å². The SMILES string of the molecule is NCC1(CN)CCN(c2cccc(Cl)c2)CC1. The van der Waals surface area contributed by atoms with E-state index in [-0.39, 0.29) is 5.41 Å². The van der Waals surface area contributed by atoms with E-state index in [2.05, 4.69) is 11.0 Å². The van der Waals surface area contributed by atoms with Gasteiger partial charge in [-0.25, -0.2) is 0 Å². The van der Waals surface area contributed by atoms with Crippen LogP contribution >= 0.6 is 11.6 Å². The van der Waals surface area contributed by atoms with Crippen molar-refractivity contribution in [2.24, 2.45) is 16.9 Å². The summed E-state index contributed by atoms with van der Waals surface area (Å²) in [6.45, 7) is 3.39. The highest BCUT2D eigenvalue weighted by molar-refractivity contribution is 6.30. The zero-order chi connectivity index (χ0) is 12.3. The molecule has 1 aliphatic heterocycles. The van der Waals surface area contributed by atoms with Crippen molar-refractivity contribution < 1.29 is 0 Å². The van der Waals surface area contributed by atoms with Crippen LogP contribution in [0.3, 0.4) is 0 Å². The lowest BCUT2D eigenvalue weighted by atomic mass is 9.78. The van der Waals surface area contributed by atoms with E-state index in [0.29, 0.717) is 13.1 Å². The Labute approximate surface area is 108 Å². The Hall–Kier alpha value is -0.770. The van der Waals surface area contributed by atoms with Gasteiger partial charge in [-0.2, -0.15) is 0 Å². The number of nitrogens with two attached hydrogens (primary N) is 2. The highest BCUT2D eigenvalue weighted by atomic mass is 35.5. The third-order valence-corrected chi connectivity index (χ3v) is 4.10. The quantitative estimate of drug-likeness (QED) is 0.864. The maximum atomic E-state index is 6.01. The van der Waals surface area contributed by atoms with Crippen molar-refractivity contribution in [3.8, 4) is 0 Å². The minimum atomic E-state index is 0.148. The van der Waals surface area contributed by atoms with E-state index in [1.54, 1.807) is 0 Å². The molecule has 0 radical (unpaired) electrons. The van der Waals surface area contributed by atoms with Crippen LogP contribution in [0, 0.1) is 5.41 Å². The van der Waals surface area contributed by atoms with Crippen LogP contribution in [-0.2, 0) is 0 Å². The van der Waals surface area contributed by atoms with Crippen molar-refractivity contribution in [1.82, 2.24) is 0 Å². The molecule has 0 aliphatic carbocycles. The van der Waals surface area contributed by atoms with Crippen LogP contribution in [0.4, 0.5) is 5.69 Å². The molecule has 94 valence electrons. The summed E-state index contributed by atoms with van der Waals surface area (Å²) >= 11 is 6.01. The van der Waals surface area contributed by atoms with E-state index in [1.807, 2.05) is 18.2 Å². The molecule has 4 N–H and O–H groups in total. The van der Waals surface area contributed by atoms with Crippen LogP contribution in [0.25, 0.3) is 0 Å². The second-order valence-corrected chi connectivity index (χ2v) is 5.31. The van der Waals surface area contributed by atoms with E-state index >= 15 is 0 Å². The molecule has 17 heavy (non-hydrogen) atoms. The fourth-order valence-corrected chi connectivity index (χ4v) is 2.59. The summed E-state index contributed by atoms with van der Waals surface area (Å²) in [6.07, 6.45) is 2.12. The van der Waals surface area contributed by atoms with Crippen molar-refractivity contribution in [3.05, 3.63) is 29.3 Å². The molecule has 0 aromatic heterocycles. The highest BCUT2D eigenvalue weighted by Gasteiger charge is 2.32. The second kappa shape index (κ2) is 5.25. The largest absolute Gasteiger partial charge is 0.371 e. The number of hydrogen-bond donors (Lipinski definition) is 2. The number of benzene rings is 1. The standard InChI is InChI=1S/C13H20ClN3/c14-11-2-1-3-12(8-11)17-6-4-13(9-15,10-16)5-7-17/h1-3,8H,4-7,9-10,15-16H2. The molecule has 1 saturated heterocycles. The van der Waals surface area contributed by atoms with Crippen LogP contribution < -0.4 is 16.4 Å². The van der Waals surface area contributed by atoms with E-state index in [9.17, 15) is 0 Å². The van der Waals surface area contributed by atoms with E-state index < -0.39 is 0 Å². The third-order valence-electron chi connectivity index (χ3n) is 3.86. The molecule has 2 rings (SSSR count). The summed E-state index contributed by atoms with van der Waals surface area (Å²) < 4.78 is 0. The van der Waals surface area contributed by atoms with Crippen LogP contribution in [-0.4, -0.2) is 26.2 Å². The summed E-state index contributed by atoms with van der Waals surface area (Å²) in [5.74, 6) is 0. The molecular weight excluding hydrogens is 234 g/mol. The first kappa shape index (κ1) is 12.7. The van der Waals surface area contributed by atoms with Crippen LogP contribution in [0.2, 0.25) is 5.02 Å². The summed E-state index contributed by atoms with van der Waals surface area (Å²) in [5.41, 5.74) is 13.0. The molecule has 0 spiro atoms. The molecule has 1 aromatic carbocycles. The van der Waals surface area contributed by atoms with Gasteiger partial charge in [-0.3, -0.25) is 0 Å². The van der Waals surface area contributed by atoms with Gasteiger partial charge in [-0.05, 0) is 49.5 Å². The lowest BCUT2D eigenvalue weighted by Gasteiger charge is -2.41. The lowest BCUT2D eigenvalue weighted by Crippen LogP contribution is -2.47. The molecule has 3 nitrogen and oxygen atoms in total. The summed E-state index contributed by atoms with van der Waals surface area (Å²) in [6, 6.07) is 8.01. The zero-order valence-electron chi connectivity index (χ0n) is 10.0. The Morgan fingerprint density at radius 3 is 2.35 bits per heavy atom. The topological polar surface area (TPSA) is 55.3 Å². The van der Waals surface area contributed by atoms with Gasteiger partial charge in [0.2, 0.25) is 0 Å². The van der Waals surface area contributed by atoms with Gasteiger partial charge >= 0.3 is 0 Å². The van der Waals surface area contributed by atoms with Crippen molar-refractivity contribution in [2.45, 2.75) is 12.8 Å². The normalized spacial score (nSPS) is 19.4. The smallest absolute Gasteiger partial charge is 0.0426 e. The Kier molecular flexibility index (Phi) is 3.92. The minimum absolute atomic E-state index is 0.148. The monoisotopic (exact) mass is 253 g/mol. The second-order valence-electron chi connectivity index (χ2n) is 4.88. The van der Waals surface area contributed by atoms with Gasteiger partial charge in [0.25, 0.3) is 0 Å². The van der Waals surface area contributed by atoms with E-state index in [4.69, 9.17) is 23.1 Å². The Morgan fingerprint density at radius 1 is 1.18 bits per heavy atom. The number of hydrogen-bond acceptors (Lipinski definition) is 3. The Balaban J connectivity index is 2.04. The average molecular weight is 254 g/mol. The van der Waals surface area contributed by atoms with Gasteiger partial charge < -0.3 is 16.4 Å². The van der Waals surface area contributed by atoms with Gasteiger partial charge in [-0.1, -0.05) is 17.7 Å². The Bertz CT molecular complexity index is 367. The molecule has 0 saturated carbocycles. The molecule has 0 unspecified atom stereocenters. The highest BCUT2D eigenvalue weighted by Crippen LogP contribution is 2.32. The van der Waals surface area contributed by atoms with Gasteiger partial charge in [0.15, 0.2) is 0 Å². The van der Waals surface area contributed by atoms with Crippen LogP contribution in [0.15, 0.2) is 24.3 Å². The molecule has 1 heterocycles. The zero-order valence-corrected chi connectivity index (χ0v) is 10.8. The number of rotatable bonds is 3. The molecule has 1 aromatic rings. The predicted octanol–water partition coefficient (Wildman–Crippen LogP) is 1.84. The van der Waals surface area contributed by atoms with Gasteiger partial charge in [0.05, 0.1) is 0 Å². The maximum Gasteiger partial charge on any atom is 0.0426 e. The van der Waals surface area contributed by atoms with Gasteiger partial charge in [-0.15, -0.1) is 0 Å². The number of anilines is 1. The van der Waals surface area contributed by atoms with Crippen molar-refractivity contribution >= 4 is 17.3 Å². The number of piperidine rings is 1.